The maximum absolute atomic E-state index is 12.8. The number of hydrogen-bond acceptors (Lipinski definition) is 2. The van der Waals surface area contributed by atoms with Gasteiger partial charge in [-0.1, -0.05) is 35.9 Å². The van der Waals surface area contributed by atoms with Gasteiger partial charge in [0.2, 0.25) is 11.8 Å². The maximum atomic E-state index is 12.8. The van der Waals surface area contributed by atoms with Gasteiger partial charge in [-0.15, -0.1) is 0 Å². The number of aryl methyl sites for hydroxylation is 3. The van der Waals surface area contributed by atoms with E-state index in [2.05, 4.69) is 5.32 Å². The van der Waals surface area contributed by atoms with Gasteiger partial charge in [-0.05, 0) is 43.5 Å². The monoisotopic (exact) mass is 392 g/mol. The summed E-state index contributed by atoms with van der Waals surface area (Å²) in [7, 11) is 1.45. The number of benzene rings is 2. The number of rotatable bonds is 5. The van der Waals surface area contributed by atoms with Gasteiger partial charge in [0.15, 0.2) is 0 Å². The molecule has 28 heavy (non-hydrogen) atoms. The fraction of sp³-hybridized carbons (Fsp3) is 0.333. The highest BCUT2D eigenvalue weighted by atomic mass is 19.4. The molecule has 2 aromatic carbocycles. The first-order valence-corrected chi connectivity index (χ1v) is 8.75. The molecule has 0 fully saturated rings. The molecule has 1 N–H and O–H groups in total. The number of alkyl halides is 3. The minimum Gasteiger partial charge on any atom is -0.336 e. The molecule has 0 aliphatic rings. The molecule has 0 saturated heterocycles. The first kappa shape index (κ1) is 21.5. The highest BCUT2D eigenvalue weighted by molar-refractivity contribution is 5.96. The van der Waals surface area contributed by atoms with Crippen LogP contribution in [0.2, 0.25) is 0 Å². The molecule has 0 aliphatic carbocycles. The number of carbonyl (C=O) groups excluding carboxylic acids is 2. The lowest BCUT2D eigenvalue weighted by Crippen LogP contribution is -2.36. The van der Waals surface area contributed by atoms with Crippen molar-refractivity contribution >= 4 is 17.5 Å². The van der Waals surface area contributed by atoms with Crippen molar-refractivity contribution in [3.63, 3.8) is 0 Å². The minimum absolute atomic E-state index is 0.190. The highest BCUT2D eigenvalue weighted by Crippen LogP contribution is 2.29. The van der Waals surface area contributed by atoms with Crippen molar-refractivity contribution in [2.45, 2.75) is 33.4 Å². The third-order valence-corrected chi connectivity index (χ3v) is 4.36. The summed E-state index contributed by atoms with van der Waals surface area (Å²) in [4.78, 5) is 25.8. The van der Waals surface area contributed by atoms with E-state index >= 15 is 0 Å². The Bertz CT molecular complexity index is 868. The summed E-state index contributed by atoms with van der Waals surface area (Å²) >= 11 is 0. The molecule has 0 heterocycles. The van der Waals surface area contributed by atoms with Gasteiger partial charge in [-0.25, -0.2) is 0 Å². The third kappa shape index (κ3) is 5.58. The van der Waals surface area contributed by atoms with Gasteiger partial charge in [0, 0.05) is 12.7 Å². The van der Waals surface area contributed by atoms with Crippen molar-refractivity contribution < 1.29 is 22.8 Å². The molecule has 0 radical (unpaired) electrons. The van der Waals surface area contributed by atoms with Crippen molar-refractivity contribution in [1.82, 2.24) is 4.90 Å². The second-order valence-corrected chi connectivity index (χ2v) is 6.95. The van der Waals surface area contributed by atoms with Crippen LogP contribution in [0.5, 0.6) is 0 Å². The Balaban J connectivity index is 2.00. The topological polar surface area (TPSA) is 49.4 Å². The zero-order chi connectivity index (χ0) is 21.1. The fourth-order valence-electron chi connectivity index (χ4n) is 3.03. The molecule has 0 unspecified atom stereocenters. The summed E-state index contributed by atoms with van der Waals surface area (Å²) < 4.78 is 38.4. The van der Waals surface area contributed by atoms with Crippen molar-refractivity contribution in [2.75, 3.05) is 18.9 Å². The number of amides is 2. The number of nitrogens with one attached hydrogen (secondary N) is 1. The van der Waals surface area contributed by atoms with Crippen LogP contribution < -0.4 is 5.32 Å². The zero-order valence-electron chi connectivity index (χ0n) is 16.3. The Hall–Kier alpha value is -2.83. The summed E-state index contributed by atoms with van der Waals surface area (Å²) in [5.74, 6) is -0.804. The smallest absolute Gasteiger partial charge is 0.336 e. The molecule has 0 saturated carbocycles. The SMILES string of the molecule is Cc1cc(C)c(NC(=O)CN(C)C(=O)Cc2cccc(C(F)(F)F)c2)c(C)c1. The van der Waals surface area contributed by atoms with E-state index < -0.39 is 17.6 Å². The molecule has 0 spiro atoms. The van der Waals surface area contributed by atoms with E-state index in [0.717, 1.165) is 28.8 Å². The second kappa shape index (κ2) is 8.46. The lowest BCUT2D eigenvalue weighted by molar-refractivity contribution is -0.137. The predicted molar refractivity (Wildman–Crippen MR) is 102 cm³/mol. The number of carbonyl (C=O) groups is 2. The van der Waals surface area contributed by atoms with Gasteiger partial charge in [-0.2, -0.15) is 13.2 Å². The van der Waals surface area contributed by atoms with Crippen molar-refractivity contribution in [3.05, 3.63) is 64.2 Å². The van der Waals surface area contributed by atoms with E-state index in [4.69, 9.17) is 0 Å². The van der Waals surface area contributed by atoms with Gasteiger partial charge in [0.05, 0.1) is 18.5 Å². The molecular formula is C21H23F3N2O2. The average Bonchev–Trinajstić information content (AvgIpc) is 2.57. The Kier molecular flexibility index (Phi) is 6.48. The first-order valence-electron chi connectivity index (χ1n) is 8.75. The van der Waals surface area contributed by atoms with E-state index in [0.29, 0.717) is 5.69 Å². The molecule has 0 bridgehead atoms. The summed E-state index contributed by atoms with van der Waals surface area (Å²) in [5, 5.41) is 2.80. The van der Waals surface area contributed by atoms with Gasteiger partial charge < -0.3 is 10.2 Å². The molecule has 150 valence electrons. The van der Waals surface area contributed by atoms with Crippen LogP contribution in [0.3, 0.4) is 0 Å². The Morgan fingerprint density at radius 3 is 2.21 bits per heavy atom. The van der Waals surface area contributed by atoms with Crippen LogP contribution >= 0.6 is 0 Å². The molecule has 2 aromatic rings. The summed E-state index contributed by atoms with van der Waals surface area (Å²) in [6, 6.07) is 8.53. The Morgan fingerprint density at radius 2 is 1.64 bits per heavy atom. The average molecular weight is 392 g/mol. The molecule has 2 amide bonds. The summed E-state index contributed by atoms with van der Waals surface area (Å²) in [6.45, 7) is 5.55. The van der Waals surface area contributed by atoms with Gasteiger partial charge in [-0.3, -0.25) is 9.59 Å². The van der Waals surface area contributed by atoms with Gasteiger partial charge >= 0.3 is 6.18 Å². The second-order valence-electron chi connectivity index (χ2n) is 6.95. The standard InChI is InChI=1S/C21H23F3N2O2/c1-13-8-14(2)20(15(3)9-13)25-18(27)12-26(4)19(28)11-16-6-5-7-17(10-16)21(22,23)24/h5-10H,11-12H2,1-4H3,(H,25,27). The van der Waals surface area contributed by atoms with Gasteiger partial charge in [0.1, 0.15) is 0 Å². The summed E-state index contributed by atoms with van der Waals surface area (Å²) in [6.07, 6.45) is -4.68. The Labute approximate surface area is 162 Å². The lowest BCUT2D eigenvalue weighted by atomic mass is 10.1. The molecule has 4 nitrogen and oxygen atoms in total. The van der Waals surface area contributed by atoms with Crippen LogP contribution in [0.4, 0.5) is 18.9 Å². The van der Waals surface area contributed by atoms with Crippen LogP contribution in [0.15, 0.2) is 36.4 Å². The van der Waals surface area contributed by atoms with Gasteiger partial charge in [0.25, 0.3) is 0 Å². The molecule has 0 aromatic heterocycles. The molecular weight excluding hydrogens is 369 g/mol. The fourth-order valence-corrected chi connectivity index (χ4v) is 3.03. The quantitative estimate of drug-likeness (QED) is 0.826. The lowest BCUT2D eigenvalue weighted by Gasteiger charge is -2.19. The Morgan fingerprint density at radius 1 is 1.04 bits per heavy atom. The van der Waals surface area contributed by atoms with E-state index in [1.165, 1.54) is 24.1 Å². The van der Waals surface area contributed by atoms with Crippen LogP contribution in [0, 0.1) is 20.8 Å². The minimum atomic E-state index is -4.46. The highest BCUT2D eigenvalue weighted by Gasteiger charge is 2.30. The number of likely N-dealkylation sites (N-methyl/N-ethyl adjacent to an activating group) is 1. The van der Waals surface area contributed by atoms with Crippen molar-refractivity contribution in [3.8, 4) is 0 Å². The summed E-state index contributed by atoms with van der Waals surface area (Å²) in [5.41, 5.74) is 3.07. The predicted octanol–water partition coefficient (Wildman–Crippen LogP) is 4.27. The number of anilines is 1. The maximum Gasteiger partial charge on any atom is 0.416 e. The third-order valence-electron chi connectivity index (χ3n) is 4.36. The van der Waals surface area contributed by atoms with E-state index in [-0.39, 0.29) is 24.4 Å². The number of nitrogens with zero attached hydrogens (tertiary/aromatic N) is 1. The van der Waals surface area contributed by atoms with Crippen molar-refractivity contribution in [1.29, 1.82) is 0 Å². The van der Waals surface area contributed by atoms with E-state index in [1.807, 2.05) is 32.9 Å². The van der Waals surface area contributed by atoms with Crippen LogP contribution in [0.1, 0.15) is 27.8 Å². The number of hydrogen-bond donors (Lipinski definition) is 1. The number of halogens is 3. The largest absolute Gasteiger partial charge is 0.416 e. The van der Waals surface area contributed by atoms with Crippen LogP contribution in [0.25, 0.3) is 0 Å². The molecule has 2 rings (SSSR count). The van der Waals surface area contributed by atoms with Crippen LogP contribution in [-0.4, -0.2) is 30.3 Å². The van der Waals surface area contributed by atoms with Crippen molar-refractivity contribution in [2.24, 2.45) is 0 Å². The van der Waals surface area contributed by atoms with E-state index in [9.17, 15) is 22.8 Å². The van der Waals surface area contributed by atoms with E-state index in [1.54, 1.807) is 0 Å². The zero-order valence-corrected chi connectivity index (χ0v) is 16.3. The molecule has 0 aliphatic heterocycles. The first-order chi connectivity index (χ1) is 13.0. The van der Waals surface area contributed by atoms with Crippen LogP contribution in [-0.2, 0) is 22.2 Å². The molecule has 0 atom stereocenters. The molecule has 7 heteroatoms. The normalized spacial score (nSPS) is 11.2.